The molecule has 1 atom stereocenters. The minimum Gasteiger partial charge on any atom is -0.550 e. The van der Waals surface area contributed by atoms with Crippen LogP contribution in [0.15, 0.2) is 11.8 Å². The van der Waals surface area contributed by atoms with Crippen LogP contribution in [0.5, 0.6) is 0 Å². The molecule has 1 rings (SSSR count). The quantitative estimate of drug-likeness (QED) is 0.563. The molecule has 0 aromatic heterocycles. The second kappa shape index (κ2) is 8.91. The zero-order chi connectivity index (χ0) is 15.0. The molecule has 1 unspecified atom stereocenters. The van der Waals surface area contributed by atoms with E-state index in [-0.39, 0.29) is 0 Å². The van der Waals surface area contributed by atoms with Gasteiger partial charge in [0.05, 0.1) is 5.76 Å². The summed E-state index contributed by atoms with van der Waals surface area (Å²) >= 11 is 0. The van der Waals surface area contributed by atoms with Crippen molar-refractivity contribution in [2.75, 3.05) is 0 Å². The van der Waals surface area contributed by atoms with E-state index in [1.807, 2.05) is 0 Å². The van der Waals surface area contributed by atoms with Crippen LogP contribution in [0.25, 0.3) is 0 Å². The molecule has 0 amide bonds. The Kier molecular flexibility index (Phi) is 7.94. The fourth-order valence-corrected chi connectivity index (χ4v) is 4.01. The third kappa shape index (κ3) is 7.52. The van der Waals surface area contributed by atoms with Gasteiger partial charge in [0.2, 0.25) is 9.04 Å². The molecule has 2 heteroatoms. The van der Waals surface area contributed by atoms with Crippen LogP contribution < -0.4 is 0 Å². The van der Waals surface area contributed by atoms with Crippen LogP contribution in [-0.2, 0) is 4.43 Å². The van der Waals surface area contributed by atoms with E-state index in [0.717, 1.165) is 5.92 Å². The molecule has 0 saturated carbocycles. The number of hydrogen-bond donors (Lipinski definition) is 0. The SMILES string of the molecule is C[SiH](C)O/C1=C\CCC(C(C)(C)C)CCCCCCC1. The van der Waals surface area contributed by atoms with Crippen molar-refractivity contribution in [1.82, 2.24) is 0 Å². The van der Waals surface area contributed by atoms with Gasteiger partial charge >= 0.3 is 0 Å². The summed E-state index contributed by atoms with van der Waals surface area (Å²) in [6, 6.07) is 0. The highest BCUT2D eigenvalue weighted by Gasteiger charge is 2.23. The van der Waals surface area contributed by atoms with Crippen LogP contribution in [-0.4, -0.2) is 9.04 Å². The van der Waals surface area contributed by atoms with Crippen molar-refractivity contribution >= 4 is 9.04 Å². The van der Waals surface area contributed by atoms with E-state index in [1.165, 1.54) is 63.5 Å². The van der Waals surface area contributed by atoms with Crippen molar-refractivity contribution in [3.05, 3.63) is 11.8 Å². The molecule has 1 nitrogen and oxygen atoms in total. The maximum absolute atomic E-state index is 6.12. The lowest BCUT2D eigenvalue weighted by atomic mass is 9.75. The average molecular weight is 297 g/mol. The highest BCUT2D eigenvalue weighted by atomic mass is 28.3. The maximum atomic E-state index is 6.12. The first-order valence-electron chi connectivity index (χ1n) is 8.75. The molecule has 0 aromatic rings. The van der Waals surface area contributed by atoms with Gasteiger partial charge in [0.1, 0.15) is 0 Å². The summed E-state index contributed by atoms with van der Waals surface area (Å²) < 4.78 is 6.12. The molecule has 0 saturated heterocycles. The van der Waals surface area contributed by atoms with E-state index in [4.69, 9.17) is 4.43 Å². The molecule has 1 aliphatic rings. The molecule has 0 N–H and O–H groups in total. The largest absolute Gasteiger partial charge is 0.550 e. The van der Waals surface area contributed by atoms with Crippen molar-refractivity contribution in [3.8, 4) is 0 Å². The van der Waals surface area contributed by atoms with Gasteiger partial charge in [0.15, 0.2) is 0 Å². The van der Waals surface area contributed by atoms with E-state index in [0.29, 0.717) is 5.41 Å². The Hall–Kier alpha value is -0.243. The Morgan fingerprint density at radius 3 is 2.30 bits per heavy atom. The topological polar surface area (TPSA) is 9.23 Å². The van der Waals surface area contributed by atoms with Crippen LogP contribution in [0.1, 0.15) is 78.6 Å². The summed E-state index contributed by atoms with van der Waals surface area (Å²) in [6.45, 7) is 11.8. The third-order valence-corrected chi connectivity index (χ3v) is 5.25. The summed E-state index contributed by atoms with van der Waals surface area (Å²) in [5.74, 6) is 2.16. The van der Waals surface area contributed by atoms with E-state index in [9.17, 15) is 0 Å². The Balaban J connectivity index is 2.64. The Bertz CT molecular complexity index is 288. The number of hydrogen-bond acceptors (Lipinski definition) is 1. The summed E-state index contributed by atoms with van der Waals surface area (Å²) in [5.41, 5.74) is 0.450. The number of allylic oxidation sites excluding steroid dienone is 2. The molecule has 0 fully saturated rings. The summed E-state index contributed by atoms with van der Waals surface area (Å²) in [6.07, 6.45) is 14.5. The summed E-state index contributed by atoms with van der Waals surface area (Å²) in [4.78, 5) is 0. The fourth-order valence-electron chi connectivity index (χ4n) is 3.19. The second-order valence-electron chi connectivity index (χ2n) is 7.78. The van der Waals surface area contributed by atoms with Crippen LogP contribution in [0.2, 0.25) is 13.1 Å². The van der Waals surface area contributed by atoms with Gasteiger partial charge in [-0.15, -0.1) is 0 Å². The van der Waals surface area contributed by atoms with Gasteiger partial charge in [0, 0.05) is 6.42 Å². The average Bonchev–Trinajstić information content (AvgIpc) is 2.30. The lowest BCUT2D eigenvalue weighted by Gasteiger charge is -2.31. The van der Waals surface area contributed by atoms with Crippen molar-refractivity contribution in [1.29, 1.82) is 0 Å². The molecule has 0 aliphatic heterocycles. The van der Waals surface area contributed by atoms with Gasteiger partial charge in [-0.1, -0.05) is 46.5 Å². The van der Waals surface area contributed by atoms with Crippen LogP contribution >= 0.6 is 0 Å². The summed E-state index contributed by atoms with van der Waals surface area (Å²) in [7, 11) is -0.942. The Labute approximate surface area is 128 Å². The lowest BCUT2D eigenvalue weighted by Crippen LogP contribution is -2.20. The molecule has 0 heterocycles. The molecule has 0 bridgehead atoms. The minimum absolute atomic E-state index is 0.450. The predicted molar refractivity (Wildman–Crippen MR) is 92.5 cm³/mol. The Morgan fingerprint density at radius 2 is 1.65 bits per heavy atom. The molecule has 0 spiro atoms. The van der Waals surface area contributed by atoms with Gasteiger partial charge in [-0.25, -0.2) is 0 Å². The van der Waals surface area contributed by atoms with Gasteiger partial charge in [-0.05, 0) is 56.2 Å². The van der Waals surface area contributed by atoms with Crippen molar-refractivity contribution in [2.24, 2.45) is 11.3 Å². The first-order valence-corrected chi connectivity index (χ1v) is 11.5. The molecule has 20 heavy (non-hydrogen) atoms. The molecule has 118 valence electrons. The molecule has 0 aromatic carbocycles. The molecule has 1 aliphatic carbocycles. The molecular weight excluding hydrogens is 260 g/mol. The van der Waals surface area contributed by atoms with Gasteiger partial charge in [-0.3, -0.25) is 0 Å². The highest BCUT2D eigenvalue weighted by molar-refractivity contribution is 6.48. The highest BCUT2D eigenvalue weighted by Crippen LogP contribution is 2.34. The fraction of sp³-hybridized carbons (Fsp3) is 0.889. The number of rotatable bonds is 2. The molecular formula is C18H36OSi. The first-order chi connectivity index (χ1) is 9.39. The second-order valence-corrected chi connectivity index (χ2v) is 10.1. The monoisotopic (exact) mass is 296 g/mol. The van der Waals surface area contributed by atoms with Gasteiger partial charge in [-0.2, -0.15) is 0 Å². The van der Waals surface area contributed by atoms with E-state index < -0.39 is 9.04 Å². The van der Waals surface area contributed by atoms with Crippen molar-refractivity contribution < 1.29 is 4.43 Å². The predicted octanol–water partition coefficient (Wildman–Crippen LogP) is 6.06. The minimum atomic E-state index is -0.942. The first kappa shape index (κ1) is 17.8. The molecule has 0 radical (unpaired) electrons. The smallest absolute Gasteiger partial charge is 0.229 e. The normalized spacial score (nSPS) is 26.3. The zero-order valence-corrected chi connectivity index (χ0v) is 15.7. The van der Waals surface area contributed by atoms with E-state index in [2.05, 4.69) is 39.9 Å². The van der Waals surface area contributed by atoms with Crippen molar-refractivity contribution in [3.63, 3.8) is 0 Å². The van der Waals surface area contributed by atoms with Crippen LogP contribution in [0.4, 0.5) is 0 Å². The van der Waals surface area contributed by atoms with Gasteiger partial charge < -0.3 is 4.43 Å². The van der Waals surface area contributed by atoms with E-state index >= 15 is 0 Å². The third-order valence-electron chi connectivity index (χ3n) is 4.47. The Morgan fingerprint density at radius 1 is 1.00 bits per heavy atom. The van der Waals surface area contributed by atoms with E-state index in [1.54, 1.807) is 0 Å². The van der Waals surface area contributed by atoms with Crippen LogP contribution in [0, 0.1) is 11.3 Å². The van der Waals surface area contributed by atoms with Crippen LogP contribution in [0.3, 0.4) is 0 Å². The van der Waals surface area contributed by atoms with Gasteiger partial charge in [0.25, 0.3) is 0 Å². The van der Waals surface area contributed by atoms with Crippen molar-refractivity contribution in [2.45, 2.75) is 91.7 Å². The summed E-state index contributed by atoms with van der Waals surface area (Å²) in [5, 5.41) is 0. The zero-order valence-electron chi connectivity index (χ0n) is 14.5. The lowest BCUT2D eigenvalue weighted by molar-refractivity contribution is 0.206. The standard InChI is InChI=1S/C18H36OSi/c1-18(2,3)16-12-9-7-6-8-10-14-17(15-11-13-16)19-20(4)5/h15-16,20H,6-14H2,1-5H3/b17-15-. The maximum Gasteiger partial charge on any atom is 0.229 e.